The van der Waals surface area contributed by atoms with Crippen molar-refractivity contribution in [3.63, 3.8) is 0 Å². The molecule has 4 atom stereocenters. The van der Waals surface area contributed by atoms with Crippen molar-refractivity contribution in [1.29, 1.82) is 0 Å². The molecule has 2 saturated heterocycles. The summed E-state index contributed by atoms with van der Waals surface area (Å²) in [7, 11) is -7.95. The summed E-state index contributed by atoms with van der Waals surface area (Å²) in [6.07, 6.45) is -0.167. The Morgan fingerprint density at radius 1 is 0.698 bits per heavy atom. The first-order chi connectivity index (χ1) is 20.0. The van der Waals surface area contributed by atoms with Crippen LogP contribution < -0.4 is 0 Å². The molecule has 0 radical (unpaired) electrons. The Labute approximate surface area is 256 Å². The molecule has 2 heterocycles. The van der Waals surface area contributed by atoms with E-state index in [1.165, 1.54) is 16.4 Å². The minimum atomic E-state index is -4.01. The van der Waals surface area contributed by atoms with Crippen molar-refractivity contribution in [2.75, 3.05) is 19.7 Å². The molecule has 0 aromatic heterocycles. The first kappa shape index (κ1) is 34.0. The fourth-order valence-corrected chi connectivity index (χ4v) is 7.98. The van der Waals surface area contributed by atoms with Gasteiger partial charge >= 0.3 is 0 Å². The van der Waals surface area contributed by atoms with Crippen LogP contribution in [0.25, 0.3) is 0 Å². The van der Waals surface area contributed by atoms with Crippen LogP contribution in [0, 0.1) is 13.8 Å². The third kappa shape index (κ3) is 9.07. The monoisotopic (exact) mass is 639 g/mol. The summed E-state index contributed by atoms with van der Waals surface area (Å²) in [5, 5.41) is 0. The smallest absolute Gasteiger partial charge is 0.297 e. The second-order valence-electron chi connectivity index (χ2n) is 12.3. The van der Waals surface area contributed by atoms with Crippen LogP contribution in [0.1, 0.15) is 65.0 Å². The normalized spacial score (nSPS) is 26.0. The Morgan fingerprint density at radius 2 is 1.12 bits per heavy atom. The third-order valence-corrected chi connectivity index (χ3v) is 10.6. The second kappa shape index (κ2) is 13.2. The lowest BCUT2D eigenvalue weighted by atomic mass is 10.1. The summed E-state index contributed by atoms with van der Waals surface area (Å²) in [5.41, 5.74) is 1.88. The Balaban J connectivity index is 1.55. The summed E-state index contributed by atoms with van der Waals surface area (Å²) in [5.74, 6) is -1.96. The van der Waals surface area contributed by atoms with E-state index in [1.807, 2.05) is 34.6 Å². The fourth-order valence-electron chi connectivity index (χ4n) is 5.54. The van der Waals surface area contributed by atoms with Crippen LogP contribution in [-0.4, -0.2) is 76.8 Å². The molecular formula is C31H45NO9S2. The van der Waals surface area contributed by atoms with Gasteiger partial charge in [0.15, 0.2) is 11.6 Å². The molecule has 2 aromatic rings. The van der Waals surface area contributed by atoms with Gasteiger partial charge in [0.2, 0.25) is 10.0 Å². The van der Waals surface area contributed by atoms with E-state index in [2.05, 4.69) is 0 Å². The van der Waals surface area contributed by atoms with E-state index >= 15 is 0 Å². The molecule has 4 rings (SSSR count). The Kier molecular flexibility index (Phi) is 10.4. The summed E-state index contributed by atoms with van der Waals surface area (Å²) >= 11 is 0. The summed E-state index contributed by atoms with van der Waals surface area (Å²) in [4.78, 5) is 0.230. The average Bonchev–Trinajstić information content (AvgIpc) is 2.90. The number of benzene rings is 2. The number of nitrogens with zero attached hydrogens (tertiary/aromatic N) is 1. The van der Waals surface area contributed by atoms with Gasteiger partial charge < -0.3 is 18.9 Å². The molecule has 0 aliphatic carbocycles. The molecule has 0 spiro atoms. The van der Waals surface area contributed by atoms with Gasteiger partial charge in [-0.2, -0.15) is 12.7 Å². The molecule has 240 valence electrons. The number of rotatable bonds is 11. The zero-order valence-corrected chi connectivity index (χ0v) is 27.7. The summed E-state index contributed by atoms with van der Waals surface area (Å²) in [6.45, 7) is 12.8. The van der Waals surface area contributed by atoms with Gasteiger partial charge in [0.1, 0.15) is 0 Å². The highest BCUT2D eigenvalue weighted by Gasteiger charge is 2.42. The highest BCUT2D eigenvalue weighted by Crippen LogP contribution is 2.32. The molecule has 0 amide bonds. The number of hydrogen-bond donors (Lipinski definition) is 0. The molecule has 2 aliphatic rings. The van der Waals surface area contributed by atoms with Crippen LogP contribution in [0.2, 0.25) is 0 Å². The minimum Gasteiger partial charge on any atom is -0.347 e. The highest BCUT2D eigenvalue weighted by atomic mass is 32.2. The standard InChI is InChI=1S/C31H45NO9S2/c1-8-24-17-25(39-30(4,5)38-24)19-32(42(33,34)28-13-9-22(2)10-14-28)20-26-18-27(41-31(6,7)40-26)21-37-43(35,36)29-15-11-23(3)12-16-29/h9-16,24-27H,8,17-21H2,1-7H3/t24-,25-,26-,27+/m1/s1. The Morgan fingerprint density at radius 3 is 1.60 bits per heavy atom. The Hall–Kier alpha value is -1.90. The highest BCUT2D eigenvalue weighted by molar-refractivity contribution is 7.89. The minimum absolute atomic E-state index is 0.0160. The molecule has 43 heavy (non-hydrogen) atoms. The van der Waals surface area contributed by atoms with Crippen LogP contribution in [0.4, 0.5) is 0 Å². The van der Waals surface area contributed by atoms with Crippen molar-refractivity contribution >= 4 is 20.1 Å². The first-order valence-electron chi connectivity index (χ1n) is 14.7. The maximum atomic E-state index is 14.0. The van der Waals surface area contributed by atoms with Crippen molar-refractivity contribution in [3.05, 3.63) is 59.7 Å². The largest absolute Gasteiger partial charge is 0.347 e. The van der Waals surface area contributed by atoms with Crippen LogP contribution in [0.5, 0.6) is 0 Å². The number of hydrogen-bond acceptors (Lipinski definition) is 9. The van der Waals surface area contributed by atoms with E-state index in [9.17, 15) is 16.8 Å². The lowest BCUT2D eigenvalue weighted by Crippen LogP contribution is -2.53. The molecule has 12 heteroatoms. The van der Waals surface area contributed by atoms with Crippen molar-refractivity contribution in [3.8, 4) is 0 Å². The molecule has 2 aromatic carbocycles. The van der Waals surface area contributed by atoms with Crippen LogP contribution in [-0.2, 0) is 43.3 Å². The number of sulfonamides is 1. The maximum Gasteiger partial charge on any atom is 0.297 e. The zero-order chi connectivity index (χ0) is 31.6. The third-order valence-electron chi connectivity index (χ3n) is 7.50. The van der Waals surface area contributed by atoms with Crippen molar-refractivity contribution in [1.82, 2.24) is 4.31 Å². The van der Waals surface area contributed by atoms with Gasteiger partial charge in [-0.1, -0.05) is 42.3 Å². The molecule has 0 bridgehead atoms. The molecule has 10 nitrogen and oxygen atoms in total. The summed E-state index contributed by atoms with van der Waals surface area (Å²) in [6, 6.07) is 13.1. The van der Waals surface area contributed by atoms with Crippen LogP contribution in [0.3, 0.4) is 0 Å². The SMILES string of the molecule is CC[C@@H]1C[C@H](CN(C[C@H]2C[C@@H](COS(=O)(=O)c3ccc(C)cc3)OC(C)(C)O2)S(=O)(=O)c2ccc(C)cc2)OC(C)(C)O1. The number of ether oxygens (including phenoxy) is 4. The maximum absolute atomic E-state index is 14.0. The van der Waals surface area contributed by atoms with Crippen LogP contribution in [0.15, 0.2) is 58.3 Å². The molecule has 2 aliphatic heterocycles. The van der Waals surface area contributed by atoms with E-state index in [0.29, 0.717) is 6.42 Å². The molecule has 2 fully saturated rings. The average molecular weight is 640 g/mol. The topological polar surface area (TPSA) is 118 Å². The fraction of sp³-hybridized carbons (Fsp3) is 0.613. The van der Waals surface area contributed by atoms with Crippen molar-refractivity contribution < 1.29 is 40.0 Å². The number of aryl methyl sites for hydroxylation is 2. The molecular weight excluding hydrogens is 594 g/mol. The molecule has 0 unspecified atom stereocenters. The van der Waals surface area contributed by atoms with Gasteiger partial charge in [-0.25, -0.2) is 8.42 Å². The lowest BCUT2D eigenvalue weighted by Gasteiger charge is -2.44. The van der Waals surface area contributed by atoms with E-state index in [1.54, 1.807) is 50.2 Å². The van der Waals surface area contributed by atoms with E-state index in [-0.39, 0.29) is 42.0 Å². The first-order valence-corrected chi connectivity index (χ1v) is 17.6. The second-order valence-corrected chi connectivity index (χ2v) is 15.9. The quantitative estimate of drug-likeness (QED) is 0.316. The molecule has 0 saturated carbocycles. The zero-order valence-electron chi connectivity index (χ0n) is 26.1. The van der Waals surface area contributed by atoms with Gasteiger partial charge in [0.25, 0.3) is 10.1 Å². The Bertz CT molecular complexity index is 1440. The van der Waals surface area contributed by atoms with Gasteiger partial charge in [-0.3, -0.25) is 4.18 Å². The van der Waals surface area contributed by atoms with E-state index < -0.39 is 50.0 Å². The summed E-state index contributed by atoms with van der Waals surface area (Å²) < 4.78 is 84.9. The van der Waals surface area contributed by atoms with Crippen molar-refractivity contribution in [2.24, 2.45) is 0 Å². The van der Waals surface area contributed by atoms with Crippen LogP contribution >= 0.6 is 0 Å². The lowest BCUT2D eigenvalue weighted by molar-refractivity contribution is -0.307. The van der Waals surface area contributed by atoms with Gasteiger partial charge in [0, 0.05) is 25.9 Å². The predicted molar refractivity (Wildman–Crippen MR) is 161 cm³/mol. The van der Waals surface area contributed by atoms with Gasteiger partial charge in [-0.05, 0) is 72.2 Å². The van der Waals surface area contributed by atoms with E-state index in [0.717, 1.165) is 17.5 Å². The van der Waals surface area contributed by atoms with Crippen molar-refractivity contribution in [2.45, 2.75) is 114 Å². The van der Waals surface area contributed by atoms with Gasteiger partial charge in [0.05, 0.1) is 40.8 Å². The predicted octanol–water partition coefficient (Wildman–Crippen LogP) is 4.93. The molecule has 0 N–H and O–H groups in total. The van der Waals surface area contributed by atoms with E-state index in [4.69, 9.17) is 23.1 Å². The van der Waals surface area contributed by atoms with Gasteiger partial charge in [-0.15, -0.1) is 0 Å².